The lowest BCUT2D eigenvalue weighted by Gasteiger charge is -2.34. The lowest BCUT2D eigenvalue weighted by atomic mass is 10.0. The number of carbonyl (C=O) groups excluding carboxylic acids is 1. The van der Waals surface area contributed by atoms with Crippen LogP contribution in [0.1, 0.15) is 27.6 Å². The van der Waals surface area contributed by atoms with Gasteiger partial charge in [0.15, 0.2) is 0 Å². The van der Waals surface area contributed by atoms with Crippen LogP contribution in [0, 0.1) is 6.92 Å². The summed E-state index contributed by atoms with van der Waals surface area (Å²) in [5, 5.41) is 9.62. The van der Waals surface area contributed by atoms with Gasteiger partial charge in [0.25, 0.3) is 5.91 Å². The molecule has 2 aromatic heterocycles. The van der Waals surface area contributed by atoms with Crippen LogP contribution >= 0.6 is 0 Å². The number of aliphatic hydroxyl groups is 1. The smallest absolute Gasteiger partial charge is 0.273 e. The van der Waals surface area contributed by atoms with Crippen molar-refractivity contribution in [3.05, 3.63) is 47.3 Å². The fourth-order valence-electron chi connectivity index (χ4n) is 2.73. The molecule has 21 heavy (non-hydrogen) atoms. The third kappa shape index (κ3) is 2.42. The Hall–Kier alpha value is -2.21. The van der Waals surface area contributed by atoms with E-state index < -0.39 is 0 Å². The largest absolute Gasteiger partial charge is 0.394 e. The van der Waals surface area contributed by atoms with Crippen molar-refractivity contribution < 1.29 is 9.90 Å². The lowest BCUT2D eigenvalue weighted by Crippen LogP contribution is -2.46. The van der Waals surface area contributed by atoms with Gasteiger partial charge in [-0.1, -0.05) is 6.07 Å². The van der Waals surface area contributed by atoms with E-state index in [0.29, 0.717) is 18.7 Å². The summed E-state index contributed by atoms with van der Waals surface area (Å²) in [5.41, 5.74) is 3.18. The minimum Gasteiger partial charge on any atom is -0.394 e. The summed E-state index contributed by atoms with van der Waals surface area (Å²) in [6.45, 7) is 2.20. The number of aromatic nitrogens is 3. The summed E-state index contributed by atoms with van der Waals surface area (Å²) in [5.74, 6) is -0.158. The highest BCUT2D eigenvalue weighted by atomic mass is 16.3. The van der Waals surface area contributed by atoms with Crippen molar-refractivity contribution in [3.63, 3.8) is 0 Å². The third-order valence-corrected chi connectivity index (χ3v) is 3.91. The van der Waals surface area contributed by atoms with Crippen molar-refractivity contribution in [3.8, 4) is 0 Å². The molecular formula is C15H18N4O2. The van der Waals surface area contributed by atoms with Gasteiger partial charge in [-0.05, 0) is 19.1 Å². The molecule has 0 radical (unpaired) electrons. The summed E-state index contributed by atoms with van der Waals surface area (Å²) in [6, 6.07) is 5.15. The fraction of sp³-hybridized carbons (Fsp3) is 0.400. The first kappa shape index (κ1) is 13.8. The van der Waals surface area contributed by atoms with E-state index in [-0.39, 0.29) is 18.6 Å². The van der Waals surface area contributed by atoms with Crippen molar-refractivity contribution in [2.75, 3.05) is 6.61 Å². The van der Waals surface area contributed by atoms with Gasteiger partial charge in [-0.3, -0.25) is 4.79 Å². The van der Waals surface area contributed by atoms with Gasteiger partial charge in [0, 0.05) is 24.9 Å². The molecule has 1 amide bonds. The molecule has 0 aliphatic carbocycles. The van der Waals surface area contributed by atoms with Gasteiger partial charge in [0.05, 0.1) is 31.2 Å². The molecule has 0 bridgehead atoms. The highest BCUT2D eigenvalue weighted by Crippen LogP contribution is 2.23. The number of hydrogen-bond acceptors (Lipinski definition) is 4. The Bertz CT molecular complexity index is 680. The zero-order chi connectivity index (χ0) is 15.0. The van der Waals surface area contributed by atoms with Gasteiger partial charge in [0.2, 0.25) is 0 Å². The van der Waals surface area contributed by atoms with Gasteiger partial charge in [-0.15, -0.1) is 0 Å². The second-order valence-corrected chi connectivity index (χ2v) is 5.39. The third-order valence-electron chi connectivity index (χ3n) is 3.91. The monoisotopic (exact) mass is 286 g/mol. The Labute approximate surface area is 123 Å². The number of aryl methyl sites for hydroxylation is 2. The average Bonchev–Trinajstić information content (AvgIpc) is 2.86. The zero-order valence-corrected chi connectivity index (χ0v) is 12.2. The Morgan fingerprint density at radius 2 is 2.29 bits per heavy atom. The predicted molar refractivity (Wildman–Crippen MR) is 76.6 cm³/mol. The van der Waals surface area contributed by atoms with E-state index in [1.54, 1.807) is 17.3 Å². The maximum absolute atomic E-state index is 12.7. The molecule has 6 heteroatoms. The first-order valence-electron chi connectivity index (χ1n) is 6.94. The van der Waals surface area contributed by atoms with Gasteiger partial charge < -0.3 is 14.6 Å². The van der Waals surface area contributed by atoms with Crippen molar-refractivity contribution in [2.24, 2.45) is 7.05 Å². The molecule has 1 aliphatic rings. The second-order valence-electron chi connectivity index (χ2n) is 5.39. The van der Waals surface area contributed by atoms with E-state index in [1.807, 2.05) is 30.7 Å². The molecule has 0 fully saturated rings. The van der Waals surface area contributed by atoms with Crippen LogP contribution in [0.4, 0.5) is 0 Å². The van der Waals surface area contributed by atoms with Crippen LogP contribution in [0.25, 0.3) is 0 Å². The van der Waals surface area contributed by atoms with Crippen LogP contribution in [0.15, 0.2) is 24.5 Å². The topological polar surface area (TPSA) is 71.2 Å². The van der Waals surface area contributed by atoms with Crippen LogP contribution in [-0.2, 0) is 20.0 Å². The van der Waals surface area contributed by atoms with E-state index in [9.17, 15) is 9.90 Å². The number of rotatable bonds is 2. The van der Waals surface area contributed by atoms with Crippen LogP contribution in [0.3, 0.4) is 0 Å². The molecule has 0 spiro atoms. The number of nitrogens with zero attached hydrogens (tertiary/aromatic N) is 4. The number of fused-ring (bicyclic) bond motifs is 1. The van der Waals surface area contributed by atoms with Crippen LogP contribution < -0.4 is 0 Å². The van der Waals surface area contributed by atoms with Crippen molar-refractivity contribution >= 4 is 5.91 Å². The standard InChI is InChI=1S/C15H18N4O2/c1-10-4-3-5-12(17-10)15(21)19-7-13-14(6-11(19)8-20)18(2)9-16-13/h3-5,9,11,20H,6-8H2,1-2H3/t11-/m1/s1. The number of amides is 1. The van der Waals surface area contributed by atoms with Gasteiger partial charge >= 0.3 is 0 Å². The first-order chi connectivity index (χ1) is 10.1. The maximum atomic E-state index is 12.7. The molecule has 1 N–H and O–H groups in total. The number of carbonyl (C=O) groups is 1. The minimum absolute atomic E-state index is 0.0673. The summed E-state index contributed by atoms with van der Waals surface area (Å²) in [7, 11) is 1.93. The van der Waals surface area contributed by atoms with Crippen molar-refractivity contribution in [2.45, 2.75) is 25.9 Å². The predicted octanol–water partition coefficient (Wildman–Crippen LogP) is 0.683. The maximum Gasteiger partial charge on any atom is 0.273 e. The highest BCUT2D eigenvalue weighted by Gasteiger charge is 2.32. The number of pyridine rings is 1. The molecule has 110 valence electrons. The molecule has 6 nitrogen and oxygen atoms in total. The summed E-state index contributed by atoms with van der Waals surface area (Å²) in [4.78, 5) is 22.9. The molecule has 2 aromatic rings. The normalized spacial score (nSPS) is 17.7. The molecule has 0 saturated heterocycles. The van der Waals surface area contributed by atoms with Crippen LogP contribution in [0.2, 0.25) is 0 Å². The molecule has 1 atom stereocenters. The van der Waals surface area contributed by atoms with Gasteiger partial charge in [0.1, 0.15) is 5.69 Å². The zero-order valence-electron chi connectivity index (χ0n) is 12.2. The Morgan fingerprint density at radius 1 is 1.48 bits per heavy atom. The van der Waals surface area contributed by atoms with E-state index >= 15 is 0 Å². The number of hydrogen-bond donors (Lipinski definition) is 1. The summed E-state index contributed by atoms with van der Waals surface area (Å²) in [6.07, 6.45) is 2.36. The van der Waals surface area contributed by atoms with Crippen LogP contribution in [-0.4, -0.2) is 43.1 Å². The Balaban J connectivity index is 1.92. The quantitative estimate of drug-likeness (QED) is 0.881. The van der Waals surface area contributed by atoms with E-state index in [0.717, 1.165) is 17.1 Å². The van der Waals surface area contributed by atoms with E-state index in [1.165, 1.54) is 0 Å². The average molecular weight is 286 g/mol. The van der Waals surface area contributed by atoms with Gasteiger partial charge in [-0.2, -0.15) is 0 Å². The molecule has 0 saturated carbocycles. The minimum atomic E-state index is -0.234. The SMILES string of the molecule is Cc1cccc(C(=O)N2Cc3ncn(C)c3C[C@@H]2CO)n1. The van der Waals surface area contributed by atoms with E-state index in [2.05, 4.69) is 9.97 Å². The summed E-state index contributed by atoms with van der Waals surface area (Å²) < 4.78 is 1.95. The number of imidazole rings is 1. The lowest BCUT2D eigenvalue weighted by molar-refractivity contribution is 0.0530. The molecule has 0 aromatic carbocycles. The molecule has 3 rings (SSSR count). The first-order valence-corrected chi connectivity index (χ1v) is 6.94. The van der Waals surface area contributed by atoms with Crippen molar-refractivity contribution in [1.29, 1.82) is 0 Å². The second kappa shape index (κ2) is 5.29. The van der Waals surface area contributed by atoms with Crippen LogP contribution in [0.5, 0.6) is 0 Å². The molecule has 3 heterocycles. The molecule has 1 aliphatic heterocycles. The van der Waals surface area contributed by atoms with E-state index in [4.69, 9.17) is 0 Å². The number of aliphatic hydroxyl groups excluding tert-OH is 1. The molecular weight excluding hydrogens is 268 g/mol. The highest BCUT2D eigenvalue weighted by molar-refractivity contribution is 5.92. The Morgan fingerprint density at radius 3 is 3.00 bits per heavy atom. The Kier molecular flexibility index (Phi) is 3.47. The summed E-state index contributed by atoms with van der Waals surface area (Å²) >= 11 is 0. The molecule has 0 unspecified atom stereocenters. The van der Waals surface area contributed by atoms with Gasteiger partial charge in [-0.25, -0.2) is 9.97 Å². The fourth-order valence-corrected chi connectivity index (χ4v) is 2.73. The van der Waals surface area contributed by atoms with Crippen molar-refractivity contribution in [1.82, 2.24) is 19.4 Å².